The van der Waals surface area contributed by atoms with Crippen molar-refractivity contribution in [1.29, 1.82) is 0 Å². The number of ether oxygens (including phenoxy) is 2. The molecule has 6 heteroatoms. The Bertz CT molecular complexity index is 638. The number of carbonyl (C=O) groups is 2. The first-order chi connectivity index (χ1) is 11.6. The van der Waals surface area contributed by atoms with Crippen molar-refractivity contribution in [3.63, 3.8) is 0 Å². The fourth-order valence-electron chi connectivity index (χ4n) is 2.53. The predicted molar refractivity (Wildman–Crippen MR) is 89.6 cm³/mol. The fraction of sp³-hybridized carbons (Fsp3) is 0.444. The first-order valence-corrected chi connectivity index (χ1v) is 8.12. The van der Waals surface area contributed by atoms with Crippen LogP contribution in [0.3, 0.4) is 0 Å². The molecule has 0 radical (unpaired) electrons. The van der Waals surface area contributed by atoms with Crippen LogP contribution in [0.1, 0.15) is 31.7 Å². The lowest BCUT2D eigenvalue weighted by atomic mass is 10.0. The van der Waals surface area contributed by atoms with E-state index in [2.05, 4.69) is 6.92 Å². The molecule has 0 spiro atoms. The molecule has 0 saturated carbocycles. The Balaban J connectivity index is 2.05. The average molecular weight is 333 g/mol. The second-order valence-electron chi connectivity index (χ2n) is 5.51. The average Bonchev–Trinajstić information content (AvgIpc) is 2.81. The Morgan fingerprint density at radius 1 is 1.08 bits per heavy atom. The molecule has 130 valence electrons. The summed E-state index contributed by atoms with van der Waals surface area (Å²) in [5, 5.41) is 10.1. The summed E-state index contributed by atoms with van der Waals surface area (Å²) in [6, 6.07) is 6.80. The van der Waals surface area contributed by atoms with Crippen molar-refractivity contribution < 1.29 is 24.2 Å². The molecule has 0 unspecified atom stereocenters. The number of aliphatic hydroxyl groups excluding tert-OH is 1. The SMILES string of the molecule is CCCCOCCCN1C(=O)C(O)=C(c2ccccc2OC)C1=O. The molecule has 1 aliphatic heterocycles. The van der Waals surface area contributed by atoms with Crippen molar-refractivity contribution in [2.75, 3.05) is 26.9 Å². The van der Waals surface area contributed by atoms with Crippen LogP contribution in [-0.4, -0.2) is 48.7 Å². The molecule has 0 aromatic heterocycles. The van der Waals surface area contributed by atoms with Gasteiger partial charge in [-0.05, 0) is 18.9 Å². The van der Waals surface area contributed by atoms with Crippen molar-refractivity contribution in [3.8, 4) is 5.75 Å². The van der Waals surface area contributed by atoms with E-state index in [-0.39, 0.29) is 12.1 Å². The topological polar surface area (TPSA) is 76.1 Å². The van der Waals surface area contributed by atoms with Gasteiger partial charge in [0.1, 0.15) is 5.75 Å². The number of amides is 2. The van der Waals surface area contributed by atoms with Gasteiger partial charge in [0.15, 0.2) is 5.76 Å². The van der Waals surface area contributed by atoms with Gasteiger partial charge in [0.25, 0.3) is 11.8 Å². The Hall–Kier alpha value is -2.34. The summed E-state index contributed by atoms with van der Waals surface area (Å²) in [7, 11) is 1.48. The number of hydrogen-bond donors (Lipinski definition) is 1. The third kappa shape index (κ3) is 3.76. The van der Waals surface area contributed by atoms with Crippen LogP contribution >= 0.6 is 0 Å². The second-order valence-corrected chi connectivity index (χ2v) is 5.51. The van der Waals surface area contributed by atoms with Gasteiger partial charge in [0, 0.05) is 25.3 Å². The van der Waals surface area contributed by atoms with Gasteiger partial charge in [-0.15, -0.1) is 0 Å². The molecule has 24 heavy (non-hydrogen) atoms. The zero-order valence-corrected chi connectivity index (χ0v) is 14.1. The van der Waals surface area contributed by atoms with Gasteiger partial charge in [-0.2, -0.15) is 0 Å². The first kappa shape index (κ1) is 18.0. The number of para-hydroxylation sites is 1. The summed E-state index contributed by atoms with van der Waals surface area (Å²) in [4.78, 5) is 25.8. The van der Waals surface area contributed by atoms with Gasteiger partial charge in [0.2, 0.25) is 0 Å². The summed E-state index contributed by atoms with van der Waals surface area (Å²) in [6.45, 7) is 3.45. The molecule has 2 rings (SSSR count). The highest BCUT2D eigenvalue weighted by atomic mass is 16.5. The highest BCUT2D eigenvalue weighted by Crippen LogP contribution is 2.33. The quantitative estimate of drug-likeness (QED) is 0.555. The monoisotopic (exact) mass is 333 g/mol. The molecule has 1 N–H and O–H groups in total. The number of unbranched alkanes of at least 4 members (excludes halogenated alkanes) is 1. The summed E-state index contributed by atoms with van der Waals surface area (Å²) >= 11 is 0. The van der Waals surface area contributed by atoms with Crippen molar-refractivity contribution >= 4 is 17.4 Å². The predicted octanol–water partition coefficient (Wildman–Crippen LogP) is 2.54. The molecule has 2 amide bonds. The van der Waals surface area contributed by atoms with Gasteiger partial charge in [0.05, 0.1) is 12.7 Å². The van der Waals surface area contributed by atoms with Crippen molar-refractivity contribution in [3.05, 3.63) is 35.6 Å². The number of imide groups is 1. The summed E-state index contributed by atoms with van der Waals surface area (Å²) in [5.41, 5.74) is 0.405. The minimum Gasteiger partial charge on any atom is -0.502 e. The van der Waals surface area contributed by atoms with Crippen LogP contribution in [0.2, 0.25) is 0 Å². The molecule has 1 aromatic rings. The van der Waals surface area contributed by atoms with Gasteiger partial charge >= 0.3 is 0 Å². The van der Waals surface area contributed by atoms with E-state index in [4.69, 9.17) is 9.47 Å². The van der Waals surface area contributed by atoms with E-state index >= 15 is 0 Å². The van der Waals surface area contributed by atoms with Crippen molar-refractivity contribution in [2.45, 2.75) is 26.2 Å². The molecule has 0 fully saturated rings. The van der Waals surface area contributed by atoms with Crippen LogP contribution < -0.4 is 4.74 Å². The number of hydrogen-bond acceptors (Lipinski definition) is 5. The smallest absolute Gasteiger partial charge is 0.296 e. The number of methoxy groups -OCH3 is 1. The third-order valence-corrected chi connectivity index (χ3v) is 3.83. The van der Waals surface area contributed by atoms with E-state index in [9.17, 15) is 14.7 Å². The molecule has 0 bridgehead atoms. The van der Waals surface area contributed by atoms with Crippen LogP contribution in [0, 0.1) is 0 Å². The largest absolute Gasteiger partial charge is 0.502 e. The molecule has 0 atom stereocenters. The molecule has 0 saturated heterocycles. The molecule has 0 aliphatic carbocycles. The molecule has 1 aliphatic rings. The minimum atomic E-state index is -0.672. The molecular weight excluding hydrogens is 310 g/mol. The minimum absolute atomic E-state index is 0.00986. The molecular formula is C18H23NO5. The summed E-state index contributed by atoms with van der Waals surface area (Å²) in [5.74, 6) is -1.27. The van der Waals surface area contributed by atoms with Crippen molar-refractivity contribution in [2.24, 2.45) is 0 Å². The lowest BCUT2D eigenvalue weighted by molar-refractivity contribution is -0.138. The van der Waals surface area contributed by atoms with Crippen molar-refractivity contribution in [1.82, 2.24) is 4.90 Å². The highest BCUT2D eigenvalue weighted by Gasteiger charge is 2.39. The maximum atomic E-state index is 12.6. The van der Waals surface area contributed by atoms with Gasteiger partial charge in [-0.1, -0.05) is 31.5 Å². The van der Waals surface area contributed by atoms with E-state index in [0.717, 1.165) is 17.7 Å². The van der Waals surface area contributed by atoms with Crippen LogP contribution in [0.15, 0.2) is 30.0 Å². The molecule has 1 aromatic carbocycles. The zero-order valence-electron chi connectivity index (χ0n) is 14.1. The normalized spacial score (nSPS) is 14.7. The summed E-state index contributed by atoms with van der Waals surface area (Å²) in [6.07, 6.45) is 2.58. The lowest BCUT2D eigenvalue weighted by Crippen LogP contribution is -2.33. The standard InChI is InChI=1S/C18H23NO5/c1-3-4-11-24-12-7-10-19-17(21)15(16(20)18(19)22)13-8-5-6-9-14(13)23-2/h5-6,8-9,20H,3-4,7,10-12H2,1-2H3. The molecule has 6 nitrogen and oxygen atoms in total. The number of rotatable bonds is 9. The van der Waals surface area contributed by atoms with E-state index in [1.807, 2.05) is 0 Å². The lowest BCUT2D eigenvalue weighted by Gasteiger charge is -2.15. The summed E-state index contributed by atoms with van der Waals surface area (Å²) < 4.78 is 10.6. The fourth-order valence-corrected chi connectivity index (χ4v) is 2.53. The Labute approximate surface area is 141 Å². The Morgan fingerprint density at radius 2 is 1.79 bits per heavy atom. The number of nitrogens with zero attached hydrogens (tertiary/aromatic N) is 1. The number of carbonyl (C=O) groups excluding carboxylic acids is 2. The molecule has 1 heterocycles. The maximum absolute atomic E-state index is 12.6. The van der Waals surface area contributed by atoms with Gasteiger partial charge in [-0.3, -0.25) is 14.5 Å². The van der Waals surface area contributed by atoms with Gasteiger partial charge < -0.3 is 14.6 Å². The van der Waals surface area contributed by atoms with E-state index in [0.29, 0.717) is 30.9 Å². The van der Waals surface area contributed by atoms with E-state index in [1.165, 1.54) is 7.11 Å². The van der Waals surface area contributed by atoms with E-state index in [1.54, 1.807) is 24.3 Å². The van der Waals surface area contributed by atoms with Crippen LogP contribution in [-0.2, 0) is 14.3 Å². The van der Waals surface area contributed by atoms with Crippen LogP contribution in [0.5, 0.6) is 5.75 Å². The first-order valence-electron chi connectivity index (χ1n) is 8.12. The highest BCUT2D eigenvalue weighted by molar-refractivity contribution is 6.35. The zero-order chi connectivity index (χ0) is 17.5. The third-order valence-electron chi connectivity index (χ3n) is 3.83. The van der Waals surface area contributed by atoms with E-state index < -0.39 is 17.6 Å². The number of benzene rings is 1. The van der Waals surface area contributed by atoms with Crippen LogP contribution in [0.25, 0.3) is 5.57 Å². The maximum Gasteiger partial charge on any atom is 0.296 e. The Morgan fingerprint density at radius 3 is 2.50 bits per heavy atom. The van der Waals surface area contributed by atoms with Crippen LogP contribution in [0.4, 0.5) is 0 Å². The van der Waals surface area contributed by atoms with Gasteiger partial charge in [-0.25, -0.2) is 0 Å². The Kier molecular flexibility index (Phi) is 6.37. The number of aliphatic hydroxyl groups is 1. The second kappa shape index (κ2) is 8.49.